The number of nitriles is 2. The quantitative estimate of drug-likeness (QED) is 0.393. The summed E-state index contributed by atoms with van der Waals surface area (Å²) in [7, 11) is 0. The summed E-state index contributed by atoms with van der Waals surface area (Å²) in [6.45, 7) is 0.885. The van der Waals surface area contributed by atoms with Gasteiger partial charge in [-0.25, -0.2) is 8.78 Å². The van der Waals surface area contributed by atoms with Crippen molar-refractivity contribution in [2.24, 2.45) is 0 Å². The topological polar surface area (TPSA) is 71.6 Å². The van der Waals surface area contributed by atoms with Gasteiger partial charge in [0.2, 0.25) is 0 Å². The second-order valence-electron chi connectivity index (χ2n) is 7.27. The van der Waals surface area contributed by atoms with Crippen LogP contribution >= 0.6 is 0 Å². The van der Waals surface area contributed by atoms with Crippen LogP contribution in [0.1, 0.15) is 22.3 Å². The molecule has 0 aliphatic carbocycles. The van der Waals surface area contributed by atoms with Crippen LogP contribution in [0.4, 0.5) is 20.2 Å². The van der Waals surface area contributed by atoms with Crippen LogP contribution in [0.3, 0.4) is 0 Å². The fourth-order valence-corrected chi connectivity index (χ4v) is 3.54. The summed E-state index contributed by atoms with van der Waals surface area (Å²) < 4.78 is 27.1. The highest BCUT2D eigenvalue weighted by atomic mass is 19.1. The van der Waals surface area contributed by atoms with Gasteiger partial charge in [0, 0.05) is 35.2 Å². The third-order valence-corrected chi connectivity index (χ3v) is 5.19. The van der Waals surface area contributed by atoms with Gasteiger partial charge in [-0.05, 0) is 47.5 Å². The van der Waals surface area contributed by atoms with Gasteiger partial charge >= 0.3 is 0 Å². The molecule has 4 nitrogen and oxygen atoms in total. The number of nitrogens with zero attached hydrogens (tertiary/aromatic N) is 2. The number of hydrogen-bond acceptors (Lipinski definition) is 4. The molecule has 2 N–H and O–H groups in total. The summed E-state index contributed by atoms with van der Waals surface area (Å²) in [5, 5.41) is 26.8. The number of hydrogen-bond donors (Lipinski definition) is 2. The van der Waals surface area contributed by atoms with Crippen molar-refractivity contribution in [1.82, 2.24) is 0 Å². The molecule has 0 bridgehead atoms. The molecule has 0 aliphatic heterocycles. The molecule has 32 heavy (non-hydrogen) atoms. The third kappa shape index (κ3) is 4.35. The Bertz CT molecular complexity index is 1280. The largest absolute Gasteiger partial charge is 0.380 e. The Balaban J connectivity index is 1.55. The number of fused-ring (bicyclic) bond motifs is 1. The maximum absolute atomic E-state index is 13.6. The van der Waals surface area contributed by atoms with Crippen molar-refractivity contribution in [3.05, 3.63) is 107 Å². The molecule has 0 radical (unpaired) electrons. The first-order valence-electron chi connectivity index (χ1n) is 9.95. The number of nitrogens with one attached hydrogen (secondary N) is 2. The summed E-state index contributed by atoms with van der Waals surface area (Å²) in [6.07, 6.45) is 0. The van der Waals surface area contributed by atoms with Gasteiger partial charge in [0.1, 0.15) is 23.8 Å². The smallest absolute Gasteiger partial charge is 0.140 e. The molecule has 0 atom stereocenters. The minimum absolute atomic E-state index is 0.0223. The van der Waals surface area contributed by atoms with E-state index in [4.69, 9.17) is 10.5 Å². The monoisotopic (exact) mass is 424 g/mol. The summed E-state index contributed by atoms with van der Waals surface area (Å²) in [4.78, 5) is 0. The summed E-state index contributed by atoms with van der Waals surface area (Å²) >= 11 is 0. The van der Waals surface area contributed by atoms with Crippen molar-refractivity contribution in [1.29, 1.82) is 10.5 Å². The van der Waals surface area contributed by atoms with Crippen molar-refractivity contribution < 1.29 is 8.78 Å². The number of benzene rings is 4. The number of rotatable bonds is 6. The van der Waals surface area contributed by atoms with E-state index in [1.54, 1.807) is 24.3 Å². The molecule has 0 heterocycles. The lowest BCUT2D eigenvalue weighted by atomic mass is 10.1. The van der Waals surface area contributed by atoms with E-state index in [-0.39, 0.29) is 11.1 Å². The average molecular weight is 424 g/mol. The van der Waals surface area contributed by atoms with Gasteiger partial charge in [-0.15, -0.1) is 0 Å². The average Bonchev–Trinajstić information content (AvgIpc) is 2.83. The lowest BCUT2D eigenvalue weighted by Gasteiger charge is -2.15. The second kappa shape index (κ2) is 9.16. The van der Waals surface area contributed by atoms with E-state index in [0.717, 1.165) is 33.3 Å². The maximum atomic E-state index is 13.6. The summed E-state index contributed by atoms with van der Waals surface area (Å²) in [5.74, 6) is -1.06. The van der Waals surface area contributed by atoms with Crippen LogP contribution in [0.15, 0.2) is 72.8 Å². The van der Waals surface area contributed by atoms with E-state index in [2.05, 4.69) is 10.6 Å². The van der Waals surface area contributed by atoms with Crippen LogP contribution in [0, 0.1) is 34.3 Å². The normalized spacial score (nSPS) is 10.4. The van der Waals surface area contributed by atoms with E-state index < -0.39 is 11.6 Å². The second-order valence-corrected chi connectivity index (χ2v) is 7.27. The highest BCUT2D eigenvalue weighted by molar-refractivity contribution is 6.01. The fraction of sp³-hybridized carbons (Fsp3) is 0.0769. The van der Waals surface area contributed by atoms with E-state index in [0.29, 0.717) is 13.1 Å². The first-order chi connectivity index (χ1) is 15.6. The van der Waals surface area contributed by atoms with Gasteiger partial charge in [0.05, 0.1) is 11.1 Å². The Labute approximate surface area is 184 Å². The van der Waals surface area contributed by atoms with Gasteiger partial charge in [-0.1, -0.05) is 36.4 Å². The van der Waals surface area contributed by atoms with Crippen LogP contribution in [-0.4, -0.2) is 0 Å². The highest BCUT2D eigenvalue weighted by Gasteiger charge is 2.08. The van der Waals surface area contributed by atoms with Crippen molar-refractivity contribution in [3.63, 3.8) is 0 Å². The molecule has 0 fully saturated rings. The molecule has 4 rings (SSSR count). The van der Waals surface area contributed by atoms with E-state index in [9.17, 15) is 8.78 Å². The Hall–Kier alpha value is -4.42. The van der Waals surface area contributed by atoms with Gasteiger partial charge in [0.15, 0.2) is 0 Å². The molecule has 0 saturated carbocycles. The van der Waals surface area contributed by atoms with Crippen LogP contribution < -0.4 is 10.6 Å². The van der Waals surface area contributed by atoms with Crippen molar-refractivity contribution in [2.75, 3.05) is 10.6 Å². The Kier molecular flexibility index (Phi) is 5.96. The van der Waals surface area contributed by atoms with Gasteiger partial charge in [-0.2, -0.15) is 10.5 Å². The van der Waals surface area contributed by atoms with Crippen molar-refractivity contribution in [3.8, 4) is 12.1 Å². The van der Waals surface area contributed by atoms with Crippen LogP contribution in [0.2, 0.25) is 0 Å². The highest BCUT2D eigenvalue weighted by Crippen LogP contribution is 2.31. The lowest BCUT2D eigenvalue weighted by Crippen LogP contribution is -2.04. The predicted octanol–water partition coefficient (Wildman–Crippen LogP) is 6.09. The Morgan fingerprint density at radius 2 is 1.06 bits per heavy atom. The molecule has 0 saturated heterocycles. The van der Waals surface area contributed by atoms with Crippen molar-refractivity contribution in [2.45, 2.75) is 13.1 Å². The molecule has 0 spiro atoms. The molecule has 0 aliphatic rings. The molecule has 156 valence electrons. The zero-order valence-corrected chi connectivity index (χ0v) is 17.0. The minimum atomic E-state index is -0.528. The zero-order valence-electron chi connectivity index (χ0n) is 17.0. The molecule has 0 aromatic heterocycles. The standard InChI is InChI=1S/C26H18F2N4/c27-23-7-5-17(11-19(23)13-29)15-31-25-9-10-26(22-4-2-1-3-21(22)25)32-16-18-6-8-24(28)20(12-18)14-30/h1-12,31-32H,15-16H2. The van der Waals surface area contributed by atoms with Gasteiger partial charge < -0.3 is 10.6 Å². The van der Waals surface area contributed by atoms with Crippen molar-refractivity contribution >= 4 is 22.1 Å². The Morgan fingerprint density at radius 1 is 0.625 bits per heavy atom. The SMILES string of the molecule is N#Cc1cc(CNc2ccc(NCc3ccc(F)c(C#N)c3)c3ccccc23)ccc1F. The van der Waals surface area contributed by atoms with E-state index >= 15 is 0 Å². The van der Waals surface area contributed by atoms with Gasteiger partial charge in [-0.3, -0.25) is 0 Å². The molecule has 6 heteroatoms. The molecular formula is C26H18F2N4. The number of halogens is 2. The lowest BCUT2D eigenvalue weighted by molar-refractivity contribution is 0.623. The molecular weight excluding hydrogens is 406 g/mol. The Morgan fingerprint density at radius 3 is 1.47 bits per heavy atom. The van der Waals surface area contributed by atoms with Crippen LogP contribution in [0.5, 0.6) is 0 Å². The molecule has 4 aromatic carbocycles. The molecule has 0 unspecified atom stereocenters. The maximum Gasteiger partial charge on any atom is 0.140 e. The fourth-order valence-electron chi connectivity index (χ4n) is 3.54. The molecule has 0 amide bonds. The third-order valence-electron chi connectivity index (χ3n) is 5.19. The summed E-state index contributed by atoms with van der Waals surface area (Å²) in [6, 6.07) is 24.5. The van der Waals surface area contributed by atoms with E-state index in [1.165, 1.54) is 12.1 Å². The predicted molar refractivity (Wildman–Crippen MR) is 121 cm³/mol. The first kappa shape index (κ1) is 20.8. The molecule has 4 aromatic rings. The summed E-state index contributed by atoms with van der Waals surface area (Å²) in [5.41, 5.74) is 3.46. The minimum Gasteiger partial charge on any atom is -0.380 e. The zero-order chi connectivity index (χ0) is 22.5. The van der Waals surface area contributed by atoms with Gasteiger partial charge in [0.25, 0.3) is 0 Å². The first-order valence-corrected chi connectivity index (χ1v) is 9.95. The number of anilines is 2. The van der Waals surface area contributed by atoms with Crippen LogP contribution in [-0.2, 0) is 13.1 Å². The van der Waals surface area contributed by atoms with Crippen LogP contribution in [0.25, 0.3) is 10.8 Å². The van der Waals surface area contributed by atoms with E-state index in [1.807, 2.05) is 48.5 Å².